The maximum absolute atomic E-state index is 12.6. The molecule has 0 fully saturated rings. The molecule has 26 heavy (non-hydrogen) atoms. The Morgan fingerprint density at radius 3 is 2.23 bits per heavy atom. The molecule has 3 heterocycles. The highest BCUT2D eigenvalue weighted by molar-refractivity contribution is 9.10. The van der Waals surface area contributed by atoms with Crippen LogP contribution in [0.25, 0.3) is 16.2 Å². The number of halogens is 1. The molecule has 4 aromatic rings. The molecule has 2 aromatic heterocycles. The highest BCUT2D eigenvalue weighted by Crippen LogP contribution is 2.30. The molecule has 0 radical (unpaired) electrons. The van der Waals surface area contributed by atoms with Crippen LogP contribution >= 0.6 is 27.3 Å². The van der Waals surface area contributed by atoms with Crippen LogP contribution in [0.4, 0.5) is 5.95 Å². The van der Waals surface area contributed by atoms with Crippen LogP contribution in [0.3, 0.4) is 0 Å². The number of carbonyl (C=O) groups is 2. The van der Waals surface area contributed by atoms with Gasteiger partial charge in [-0.05, 0) is 24.3 Å². The molecule has 8 heteroatoms. The van der Waals surface area contributed by atoms with Crippen LogP contribution in [0, 0.1) is 0 Å². The lowest BCUT2D eigenvalue weighted by atomic mass is 10.1. The van der Waals surface area contributed by atoms with Gasteiger partial charge in [0.1, 0.15) is 0 Å². The Bertz CT molecular complexity index is 1160. The molecule has 0 aliphatic carbocycles. The van der Waals surface area contributed by atoms with E-state index in [9.17, 15) is 9.59 Å². The molecule has 0 N–H and O–H groups in total. The highest BCUT2D eigenvalue weighted by Gasteiger charge is 2.38. The van der Waals surface area contributed by atoms with E-state index in [0.29, 0.717) is 16.1 Å². The second-order valence-corrected chi connectivity index (χ2v) is 7.48. The minimum absolute atomic E-state index is 0.0985. The van der Waals surface area contributed by atoms with Gasteiger partial charge in [0.05, 0.1) is 16.8 Å². The van der Waals surface area contributed by atoms with E-state index in [4.69, 9.17) is 0 Å². The van der Waals surface area contributed by atoms with Gasteiger partial charge in [-0.3, -0.25) is 9.59 Å². The number of anilines is 1. The summed E-state index contributed by atoms with van der Waals surface area (Å²) in [6, 6.07) is 14.6. The van der Waals surface area contributed by atoms with Gasteiger partial charge < -0.3 is 0 Å². The maximum atomic E-state index is 12.6. The first-order valence-electron chi connectivity index (χ1n) is 7.71. The van der Waals surface area contributed by atoms with Crippen molar-refractivity contribution in [2.45, 2.75) is 0 Å². The Labute approximate surface area is 159 Å². The third kappa shape index (κ3) is 2.16. The molecule has 0 unspecified atom stereocenters. The van der Waals surface area contributed by atoms with E-state index in [0.717, 1.165) is 20.6 Å². The molecule has 0 saturated carbocycles. The summed E-state index contributed by atoms with van der Waals surface area (Å²) in [6.07, 6.45) is 0. The minimum Gasteiger partial charge on any atom is -0.268 e. The average Bonchev–Trinajstić information content (AvgIpc) is 3.29. The molecule has 0 atom stereocenters. The van der Waals surface area contributed by atoms with Crippen molar-refractivity contribution in [2.24, 2.45) is 0 Å². The Kier molecular flexibility index (Phi) is 3.31. The standard InChI is InChI=1S/C18H9BrN4O2S/c19-11-7-5-10(6-8-11)14-9-26-18-20-17(21-23(14)18)22-15(24)12-3-1-2-4-13(12)16(22)25/h1-9H. The van der Waals surface area contributed by atoms with Crippen molar-refractivity contribution in [1.82, 2.24) is 14.6 Å². The Balaban J connectivity index is 1.61. The summed E-state index contributed by atoms with van der Waals surface area (Å²) in [5.74, 6) is -0.690. The number of aromatic nitrogens is 3. The monoisotopic (exact) mass is 424 g/mol. The van der Waals surface area contributed by atoms with Crippen molar-refractivity contribution in [2.75, 3.05) is 4.90 Å². The van der Waals surface area contributed by atoms with Gasteiger partial charge in [0, 0.05) is 15.4 Å². The second-order valence-electron chi connectivity index (χ2n) is 5.73. The smallest absolute Gasteiger partial charge is 0.268 e. The number of hydrogen-bond acceptors (Lipinski definition) is 5. The first kappa shape index (κ1) is 15.4. The molecule has 126 valence electrons. The van der Waals surface area contributed by atoms with Crippen molar-refractivity contribution >= 4 is 50.0 Å². The van der Waals surface area contributed by atoms with Crippen LogP contribution in [0.2, 0.25) is 0 Å². The van der Waals surface area contributed by atoms with Crippen molar-refractivity contribution in [1.29, 1.82) is 0 Å². The summed E-state index contributed by atoms with van der Waals surface area (Å²) in [5.41, 5.74) is 2.58. The van der Waals surface area contributed by atoms with Crippen LogP contribution in [-0.2, 0) is 0 Å². The Morgan fingerprint density at radius 1 is 0.923 bits per heavy atom. The van der Waals surface area contributed by atoms with Gasteiger partial charge in [0.15, 0.2) is 0 Å². The lowest BCUT2D eigenvalue weighted by molar-refractivity contribution is 0.0924. The SMILES string of the molecule is O=C1c2ccccc2C(=O)N1c1nc2scc(-c3ccc(Br)cc3)n2n1. The lowest BCUT2D eigenvalue weighted by Crippen LogP contribution is -2.30. The highest BCUT2D eigenvalue weighted by atomic mass is 79.9. The summed E-state index contributed by atoms with van der Waals surface area (Å²) in [4.78, 5) is 31.3. The number of nitrogens with zero attached hydrogens (tertiary/aromatic N) is 4. The molecule has 2 aromatic carbocycles. The molecular formula is C18H9BrN4O2S. The van der Waals surface area contributed by atoms with Crippen LogP contribution in [-0.4, -0.2) is 26.4 Å². The van der Waals surface area contributed by atoms with E-state index in [-0.39, 0.29) is 5.95 Å². The van der Waals surface area contributed by atoms with Gasteiger partial charge in [-0.25, -0.2) is 9.42 Å². The molecule has 6 nitrogen and oxygen atoms in total. The van der Waals surface area contributed by atoms with Crippen molar-refractivity contribution in [3.8, 4) is 11.3 Å². The summed E-state index contributed by atoms with van der Waals surface area (Å²) >= 11 is 4.83. The van der Waals surface area contributed by atoms with E-state index in [1.165, 1.54) is 11.3 Å². The first-order chi connectivity index (χ1) is 12.6. The molecular weight excluding hydrogens is 416 g/mol. The zero-order valence-electron chi connectivity index (χ0n) is 13.1. The number of carbonyl (C=O) groups excluding carboxylic acids is 2. The average molecular weight is 425 g/mol. The fourth-order valence-electron chi connectivity index (χ4n) is 2.96. The third-order valence-corrected chi connectivity index (χ3v) is 5.55. The van der Waals surface area contributed by atoms with Gasteiger partial charge in [-0.15, -0.1) is 16.4 Å². The van der Waals surface area contributed by atoms with Gasteiger partial charge in [-0.2, -0.15) is 4.98 Å². The Hall–Kier alpha value is -2.84. The zero-order valence-corrected chi connectivity index (χ0v) is 15.5. The fraction of sp³-hybridized carbons (Fsp3) is 0. The first-order valence-corrected chi connectivity index (χ1v) is 9.39. The lowest BCUT2D eigenvalue weighted by Gasteiger charge is -2.07. The number of rotatable bonds is 2. The van der Waals surface area contributed by atoms with E-state index in [2.05, 4.69) is 26.0 Å². The quantitative estimate of drug-likeness (QED) is 0.455. The number of benzene rings is 2. The summed E-state index contributed by atoms with van der Waals surface area (Å²) < 4.78 is 2.64. The topological polar surface area (TPSA) is 67.6 Å². The number of imide groups is 1. The molecule has 0 bridgehead atoms. The number of fused-ring (bicyclic) bond motifs is 2. The summed E-state index contributed by atoms with van der Waals surface area (Å²) in [5, 5.41) is 6.38. The largest absolute Gasteiger partial charge is 0.268 e. The summed E-state index contributed by atoms with van der Waals surface area (Å²) in [6.45, 7) is 0. The predicted octanol–water partition coefficient (Wildman–Crippen LogP) is 4.02. The zero-order chi connectivity index (χ0) is 17.8. The molecule has 0 saturated heterocycles. The second kappa shape index (κ2) is 5.58. The van der Waals surface area contributed by atoms with Crippen molar-refractivity contribution in [3.63, 3.8) is 0 Å². The molecule has 2 amide bonds. The van der Waals surface area contributed by atoms with E-state index < -0.39 is 11.8 Å². The van der Waals surface area contributed by atoms with Crippen LogP contribution in [0.1, 0.15) is 20.7 Å². The molecule has 1 aliphatic rings. The molecule has 1 aliphatic heterocycles. The van der Waals surface area contributed by atoms with E-state index in [1.807, 2.05) is 29.6 Å². The number of amides is 2. The van der Waals surface area contributed by atoms with E-state index >= 15 is 0 Å². The van der Waals surface area contributed by atoms with E-state index in [1.54, 1.807) is 28.8 Å². The van der Waals surface area contributed by atoms with Crippen LogP contribution in [0.15, 0.2) is 58.4 Å². The maximum Gasteiger partial charge on any atom is 0.268 e. The van der Waals surface area contributed by atoms with Gasteiger partial charge in [-0.1, -0.05) is 40.2 Å². The van der Waals surface area contributed by atoms with Crippen LogP contribution < -0.4 is 4.90 Å². The third-order valence-electron chi connectivity index (χ3n) is 4.20. The Morgan fingerprint density at radius 2 is 1.58 bits per heavy atom. The van der Waals surface area contributed by atoms with Crippen LogP contribution in [0.5, 0.6) is 0 Å². The van der Waals surface area contributed by atoms with Gasteiger partial charge >= 0.3 is 0 Å². The minimum atomic E-state index is -0.394. The number of thiazole rings is 1. The van der Waals surface area contributed by atoms with Crippen molar-refractivity contribution in [3.05, 3.63) is 69.5 Å². The fourth-order valence-corrected chi connectivity index (χ4v) is 4.05. The molecule has 0 spiro atoms. The normalized spacial score (nSPS) is 13.7. The number of hydrogen-bond donors (Lipinski definition) is 0. The van der Waals surface area contributed by atoms with Gasteiger partial charge in [0.25, 0.3) is 17.8 Å². The van der Waals surface area contributed by atoms with Gasteiger partial charge in [0.2, 0.25) is 4.96 Å². The van der Waals surface area contributed by atoms with Crippen molar-refractivity contribution < 1.29 is 9.59 Å². The molecule has 5 rings (SSSR count). The predicted molar refractivity (Wildman–Crippen MR) is 102 cm³/mol. The summed E-state index contributed by atoms with van der Waals surface area (Å²) in [7, 11) is 0.